The average Bonchev–Trinajstić information content (AvgIpc) is 2.74. The van der Waals surface area contributed by atoms with Crippen LogP contribution in [-0.4, -0.2) is 22.1 Å². The summed E-state index contributed by atoms with van der Waals surface area (Å²) < 4.78 is 5.01. The third-order valence-corrected chi connectivity index (χ3v) is 2.35. The lowest BCUT2D eigenvalue weighted by Crippen LogP contribution is -2.17. The van der Waals surface area contributed by atoms with E-state index in [1.165, 1.54) is 0 Å². The summed E-state index contributed by atoms with van der Waals surface area (Å²) in [5.74, 6) is 0. The van der Waals surface area contributed by atoms with Gasteiger partial charge in [0, 0.05) is 18.7 Å². The molecule has 0 aromatic carbocycles. The molecule has 0 atom stereocenters. The molecule has 0 N–H and O–H groups in total. The molecule has 0 bridgehead atoms. The minimum Gasteiger partial charge on any atom is -0.472 e. The highest BCUT2D eigenvalue weighted by Gasteiger charge is 2.04. The van der Waals surface area contributed by atoms with Gasteiger partial charge >= 0.3 is 0 Å². The molecule has 0 aliphatic carbocycles. The van der Waals surface area contributed by atoms with E-state index in [1.807, 2.05) is 19.2 Å². The highest BCUT2D eigenvalue weighted by molar-refractivity contribution is 6.29. The van der Waals surface area contributed by atoms with Crippen LogP contribution in [0.25, 0.3) is 0 Å². The summed E-state index contributed by atoms with van der Waals surface area (Å²) in [5.41, 5.74) is 2.04. The van der Waals surface area contributed by atoms with E-state index >= 15 is 0 Å². The van der Waals surface area contributed by atoms with Gasteiger partial charge in [0.05, 0.1) is 18.2 Å². The number of rotatable bonds is 4. The van der Waals surface area contributed by atoms with Crippen LogP contribution in [0.1, 0.15) is 11.3 Å². The Bertz CT molecular complexity index is 427. The SMILES string of the molecule is CN(Cc1ccoc1)Cc1ccc(Cl)nn1. The van der Waals surface area contributed by atoms with Crippen LogP contribution in [0.4, 0.5) is 0 Å². The van der Waals surface area contributed by atoms with E-state index in [1.54, 1.807) is 18.6 Å². The standard InChI is InChI=1S/C11H12ClN3O/c1-15(6-9-4-5-16-8-9)7-10-2-3-11(12)14-13-10/h2-5,8H,6-7H2,1H3. The highest BCUT2D eigenvalue weighted by atomic mass is 35.5. The molecule has 0 unspecified atom stereocenters. The van der Waals surface area contributed by atoms with Crippen LogP contribution in [-0.2, 0) is 13.1 Å². The number of nitrogens with zero attached hydrogens (tertiary/aromatic N) is 3. The van der Waals surface area contributed by atoms with E-state index in [0.29, 0.717) is 5.15 Å². The lowest BCUT2D eigenvalue weighted by molar-refractivity contribution is 0.312. The zero-order valence-electron chi connectivity index (χ0n) is 8.93. The Morgan fingerprint density at radius 2 is 2.12 bits per heavy atom. The molecule has 0 fully saturated rings. The molecule has 0 saturated carbocycles. The van der Waals surface area contributed by atoms with Crippen LogP contribution in [0.2, 0.25) is 5.15 Å². The Kier molecular flexibility index (Phi) is 3.54. The molecule has 16 heavy (non-hydrogen) atoms. The number of hydrogen-bond acceptors (Lipinski definition) is 4. The molecule has 5 heteroatoms. The van der Waals surface area contributed by atoms with Gasteiger partial charge in [-0.15, -0.1) is 5.10 Å². The van der Waals surface area contributed by atoms with Gasteiger partial charge in [-0.3, -0.25) is 4.90 Å². The predicted octanol–water partition coefficient (Wildman–Crippen LogP) is 2.36. The Morgan fingerprint density at radius 3 is 2.75 bits per heavy atom. The van der Waals surface area contributed by atoms with Gasteiger partial charge in [0.25, 0.3) is 0 Å². The summed E-state index contributed by atoms with van der Waals surface area (Å²) in [6.45, 7) is 1.55. The average molecular weight is 238 g/mol. The molecule has 0 amide bonds. The van der Waals surface area contributed by atoms with Crippen molar-refractivity contribution >= 4 is 11.6 Å². The lowest BCUT2D eigenvalue weighted by Gasteiger charge is -2.14. The van der Waals surface area contributed by atoms with Crippen molar-refractivity contribution in [2.24, 2.45) is 0 Å². The number of halogens is 1. The van der Waals surface area contributed by atoms with Gasteiger partial charge in [-0.1, -0.05) is 11.6 Å². The third kappa shape index (κ3) is 3.05. The topological polar surface area (TPSA) is 42.2 Å². The molecule has 2 aromatic rings. The Labute approximate surface area is 98.8 Å². The first-order valence-corrected chi connectivity index (χ1v) is 5.29. The van der Waals surface area contributed by atoms with E-state index in [2.05, 4.69) is 15.1 Å². The van der Waals surface area contributed by atoms with Crippen LogP contribution in [0.15, 0.2) is 35.1 Å². The first kappa shape index (κ1) is 11.1. The fourth-order valence-corrected chi connectivity index (χ4v) is 1.56. The van der Waals surface area contributed by atoms with Crippen molar-refractivity contribution in [2.45, 2.75) is 13.1 Å². The maximum Gasteiger partial charge on any atom is 0.151 e. The smallest absolute Gasteiger partial charge is 0.151 e. The van der Waals surface area contributed by atoms with Crippen molar-refractivity contribution in [3.8, 4) is 0 Å². The van der Waals surface area contributed by atoms with Gasteiger partial charge in [0.1, 0.15) is 0 Å². The maximum atomic E-state index is 5.66. The highest BCUT2D eigenvalue weighted by Crippen LogP contribution is 2.08. The van der Waals surface area contributed by atoms with Crippen molar-refractivity contribution in [1.82, 2.24) is 15.1 Å². The van der Waals surface area contributed by atoms with Gasteiger partial charge in [-0.2, -0.15) is 5.10 Å². The number of aromatic nitrogens is 2. The molecule has 0 radical (unpaired) electrons. The molecule has 0 aliphatic heterocycles. The maximum absolute atomic E-state index is 5.66. The molecule has 2 rings (SSSR count). The summed E-state index contributed by atoms with van der Waals surface area (Å²) >= 11 is 5.66. The minimum atomic E-state index is 0.418. The van der Waals surface area contributed by atoms with Crippen molar-refractivity contribution in [3.63, 3.8) is 0 Å². The monoisotopic (exact) mass is 237 g/mol. The van der Waals surface area contributed by atoms with E-state index in [9.17, 15) is 0 Å². The van der Waals surface area contributed by atoms with Crippen molar-refractivity contribution in [3.05, 3.63) is 47.1 Å². The second-order valence-electron chi connectivity index (χ2n) is 3.65. The van der Waals surface area contributed by atoms with E-state index in [-0.39, 0.29) is 0 Å². The van der Waals surface area contributed by atoms with Gasteiger partial charge in [-0.05, 0) is 25.2 Å². The number of furan rings is 1. The Balaban J connectivity index is 1.92. The molecule has 0 saturated heterocycles. The zero-order chi connectivity index (χ0) is 11.4. The van der Waals surface area contributed by atoms with Crippen LogP contribution in [0, 0.1) is 0 Å². The van der Waals surface area contributed by atoms with E-state index < -0.39 is 0 Å². The molecule has 2 heterocycles. The molecule has 4 nitrogen and oxygen atoms in total. The molecular formula is C11H12ClN3O. The second kappa shape index (κ2) is 5.09. The fourth-order valence-electron chi connectivity index (χ4n) is 1.45. The third-order valence-electron chi connectivity index (χ3n) is 2.15. The molecular weight excluding hydrogens is 226 g/mol. The quantitative estimate of drug-likeness (QED) is 0.819. The molecule has 84 valence electrons. The first-order chi connectivity index (χ1) is 7.74. The van der Waals surface area contributed by atoms with Crippen LogP contribution < -0.4 is 0 Å². The largest absolute Gasteiger partial charge is 0.472 e. The zero-order valence-corrected chi connectivity index (χ0v) is 9.68. The normalized spacial score (nSPS) is 10.9. The van der Waals surface area contributed by atoms with E-state index in [0.717, 1.165) is 24.3 Å². The molecule has 0 spiro atoms. The second-order valence-corrected chi connectivity index (χ2v) is 4.04. The van der Waals surface area contributed by atoms with Crippen LogP contribution in [0.3, 0.4) is 0 Å². The fraction of sp³-hybridized carbons (Fsp3) is 0.273. The van der Waals surface area contributed by atoms with Crippen molar-refractivity contribution < 1.29 is 4.42 Å². The van der Waals surface area contributed by atoms with Crippen molar-refractivity contribution in [2.75, 3.05) is 7.05 Å². The summed E-state index contributed by atoms with van der Waals surface area (Å²) in [6, 6.07) is 5.57. The first-order valence-electron chi connectivity index (χ1n) is 4.92. The van der Waals surface area contributed by atoms with E-state index in [4.69, 9.17) is 16.0 Å². The number of hydrogen-bond donors (Lipinski definition) is 0. The Morgan fingerprint density at radius 1 is 1.25 bits per heavy atom. The molecule has 2 aromatic heterocycles. The van der Waals surface area contributed by atoms with Crippen LogP contribution >= 0.6 is 11.6 Å². The lowest BCUT2D eigenvalue weighted by atomic mass is 10.3. The summed E-state index contributed by atoms with van der Waals surface area (Å²) in [7, 11) is 2.02. The summed E-state index contributed by atoms with van der Waals surface area (Å²) in [4.78, 5) is 2.13. The minimum absolute atomic E-state index is 0.418. The predicted molar refractivity (Wildman–Crippen MR) is 60.9 cm³/mol. The summed E-state index contributed by atoms with van der Waals surface area (Å²) in [6.07, 6.45) is 3.41. The summed E-state index contributed by atoms with van der Waals surface area (Å²) in [5, 5.41) is 8.22. The van der Waals surface area contributed by atoms with Gasteiger partial charge < -0.3 is 4.42 Å². The molecule has 0 aliphatic rings. The Hall–Kier alpha value is -1.39. The van der Waals surface area contributed by atoms with Gasteiger partial charge in [0.2, 0.25) is 0 Å². The van der Waals surface area contributed by atoms with Gasteiger partial charge in [0.15, 0.2) is 5.15 Å². The van der Waals surface area contributed by atoms with Crippen molar-refractivity contribution in [1.29, 1.82) is 0 Å². The van der Waals surface area contributed by atoms with Crippen LogP contribution in [0.5, 0.6) is 0 Å². The van der Waals surface area contributed by atoms with Gasteiger partial charge in [-0.25, -0.2) is 0 Å².